The summed E-state index contributed by atoms with van der Waals surface area (Å²) in [6.07, 6.45) is -0.369. The molecule has 0 aliphatic rings. The van der Waals surface area contributed by atoms with Gasteiger partial charge in [-0.2, -0.15) is 13.2 Å². The number of carbonyl (C=O) groups is 2. The third kappa shape index (κ3) is 7.14. The van der Waals surface area contributed by atoms with Crippen molar-refractivity contribution >= 4 is 24.0 Å². The minimum atomic E-state index is -4.40. The van der Waals surface area contributed by atoms with Gasteiger partial charge in [-0.05, 0) is 42.7 Å². The van der Waals surface area contributed by atoms with E-state index in [9.17, 15) is 22.8 Å². The molecule has 0 radical (unpaired) electrons. The Morgan fingerprint density at radius 1 is 1.14 bits per heavy atom. The molecule has 0 bridgehead atoms. The van der Waals surface area contributed by atoms with E-state index in [4.69, 9.17) is 0 Å². The van der Waals surface area contributed by atoms with E-state index in [1.165, 1.54) is 13.4 Å². The topological polar surface area (TPSA) is 118 Å². The second kappa shape index (κ2) is 12.0. The molecule has 2 aromatic heterocycles. The zero-order chi connectivity index (χ0) is 26.1. The molecule has 190 valence electrons. The molecule has 1 atom stereocenters. The number of aryl methyl sites for hydroxylation is 1. The number of hydrogen-bond acceptors (Lipinski definition) is 7. The van der Waals surface area contributed by atoms with Gasteiger partial charge in [-0.15, -0.1) is 0 Å². The first kappa shape index (κ1) is 26.4. The number of methoxy groups -OCH3 is 1. The van der Waals surface area contributed by atoms with Gasteiger partial charge in [0.2, 0.25) is 6.41 Å². The van der Waals surface area contributed by atoms with Crippen LogP contribution in [0.5, 0.6) is 0 Å². The number of amides is 2. The van der Waals surface area contributed by atoms with E-state index in [1.807, 2.05) is 19.1 Å². The summed E-state index contributed by atoms with van der Waals surface area (Å²) in [5.41, 5.74) is 4.10. The van der Waals surface area contributed by atoms with Crippen LogP contribution in [0.25, 0.3) is 22.4 Å². The van der Waals surface area contributed by atoms with Crippen molar-refractivity contribution in [2.45, 2.75) is 19.5 Å². The maximum absolute atomic E-state index is 13.4. The van der Waals surface area contributed by atoms with Gasteiger partial charge < -0.3 is 15.4 Å². The largest absolute Gasteiger partial charge is 0.453 e. The number of anilines is 2. The number of halogens is 3. The first-order valence-corrected chi connectivity index (χ1v) is 10.9. The molecule has 0 spiro atoms. The first-order valence-electron chi connectivity index (χ1n) is 10.9. The van der Waals surface area contributed by atoms with Gasteiger partial charge in [-0.3, -0.25) is 15.1 Å². The fourth-order valence-electron chi connectivity index (χ4n) is 3.45. The molecule has 3 aromatic rings. The van der Waals surface area contributed by atoms with Crippen LogP contribution < -0.4 is 16.0 Å². The summed E-state index contributed by atoms with van der Waals surface area (Å²) in [7, 11) is 1.24. The maximum atomic E-state index is 13.4. The van der Waals surface area contributed by atoms with Crippen LogP contribution in [-0.2, 0) is 9.53 Å². The lowest BCUT2D eigenvalue weighted by Gasteiger charge is -2.21. The number of carbonyl (C=O) groups excluding carboxylic acids is 2. The maximum Gasteiger partial charge on any atom is 0.412 e. The lowest BCUT2D eigenvalue weighted by molar-refractivity contribution is -0.172. The summed E-state index contributed by atoms with van der Waals surface area (Å²) >= 11 is 0. The Bertz CT molecular complexity index is 1210. The Kier molecular flexibility index (Phi) is 8.76. The number of nitrogens with zero attached hydrogens (tertiary/aromatic N) is 3. The highest BCUT2D eigenvalue weighted by Crippen LogP contribution is 2.32. The first-order chi connectivity index (χ1) is 17.2. The van der Waals surface area contributed by atoms with Crippen LogP contribution in [0.15, 0.2) is 49.1 Å². The highest BCUT2D eigenvalue weighted by atomic mass is 19.4. The zero-order valence-electron chi connectivity index (χ0n) is 19.6. The molecule has 0 aliphatic carbocycles. The van der Waals surface area contributed by atoms with E-state index >= 15 is 0 Å². The molecule has 36 heavy (non-hydrogen) atoms. The van der Waals surface area contributed by atoms with Crippen molar-refractivity contribution in [3.05, 3.63) is 54.6 Å². The molecule has 2 heterocycles. The molecule has 0 fully saturated rings. The third-order valence-corrected chi connectivity index (χ3v) is 5.40. The molecule has 9 nitrogen and oxygen atoms in total. The van der Waals surface area contributed by atoms with Crippen molar-refractivity contribution in [3.63, 3.8) is 0 Å². The Labute approximate surface area is 205 Å². The van der Waals surface area contributed by atoms with Gasteiger partial charge in [-0.25, -0.2) is 14.8 Å². The number of nitrogens with one attached hydrogen (secondary N) is 3. The zero-order valence-corrected chi connectivity index (χ0v) is 19.6. The Balaban J connectivity index is 1.82. The molecule has 0 saturated carbocycles. The van der Waals surface area contributed by atoms with Crippen LogP contribution in [-0.4, -0.2) is 53.8 Å². The Morgan fingerprint density at radius 3 is 2.64 bits per heavy atom. The van der Waals surface area contributed by atoms with Gasteiger partial charge in [0, 0.05) is 48.4 Å². The molecule has 0 aliphatic heterocycles. The number of pyridine rings is 1. The van der Waals surface area contributed by atoms with Gasteiger partial charge >= 0.3 is 12.3 Å². The van der Waals surface area contributed by atoms with Crippen molar-refractivity contribution in [1.82, 2.24) is 20.3 Å². The third-order valence-electron chi connectivity index (χ3n) is 5.40. The highest BCUT2D eigenvalue weighted by Gasteiger charge is 2.38. The fraction of sp³-hybridized carbons (Fsp3) is 0.292. The van der Waals surface area contributed by atoms with Gasteiger partial charge in [0.1, 0.15) is 12.1 Å². The van der Waals surface area contributed by atoms with Crippen molar-refractivity contribution < 1.29 is 27.5 Å². The van der Waals surface area contributed by atoms with Gasteiger partial charge in [0.25, 0.3) is 0 Å². The average molecular weight is 502 g/mol. The van der Waals surface area contributed by atoms with Crippen LogP contribution >= 0.6 is 0 Å². The molecule has 2 amide bonds. The van der Waals surface area contributed by atoms with Crippen molar-refractivity contribution in [2.75, 3.05) is 30.8 Å². The standard InChI is InChI=1S/C24H25F3N6O3/c1-15-3-4-19(30-12-18(24(25,26)27)5-6-28-14-34)8-20(15)16-7-17(11-29-10-16)21-9-22(32-13-31-21)33-23(35)36-2/h3-4,7-11,13-14,18,30H,5-6,12H2,1-2H3,(H,28,34)(H,31,32,33,35). The van der Waals surface area contributed by atoms with E-state index in [2.05, 4.69) is 35.6 Å². The van der Waals surface area contributed by atoms with E-state index < -0.39 is 18.2 Å². The second-order valence-corrected chi connectivity index (χ2v) is 7.88. The lowest BCUT2D eigenvalue weighted by Crippen LogP contribution is -2.32. The van der Waals surface area contributed by atoms with E-state index in [-0.39, 0.29) is 25.3 Å². The molecule has 3 N–H and O–H groups in total. The number of alkyl halides is 3. The average Bonchev–Trinajstić information content (AvgIpc) is 2.86. The molecule has 0 saturated heterocycles. The van der Waals surface area contributed by atoms with Crippen molar-refractivity contribution in [3.8, 4) is 22.4 Å². The smallest absolute Gasteiger partial charge is 0.412 e. The number of rotatable bonds is 10. The molecule has 3 rings (SSSR count). The van der Waals surface area contributed by atoms with E-state index in [0.717, 1.165) is 16.7 Å². The van der Waals surface area contributed by atoms with Gasteiger partial charge in [0.05, 0.1) is 18.7 Å². The number of aromatic nitrogens is 3. The number of ether oxygens (including phenoxy) is 1. The summed E-state index contributed by atoms with van der Waals surface area (Å²) in [6.45, 7) is 1.49. The Morgan fingerprint density at radius 2 is 1.92 bits per heavy atom. The van der Waals surface area contributed by atoms with E-state index in [1.54, 1.807) is 30.6 Å². The fourth-order valence-corrected chi connectivity index (χ4v) is 3.45. The normalized spacial score (nSPS) is 11.9. The van der Waals surface area contributed by atoms with Crippen LogP contribution in [0.2, 0.25) is 0 Å². The Hall–Kier alpha value is -4.22. The summed E-state index contributed by atoms with van der Waals surface area (Å²) in [5, 5.41) is 7.61. The molecular weight excluding hydrogens is 477 g/mol. The molecule has 1 unspecified atom stereocenters. The van der Waals surface area contributed by atoms with Crippen molar-refractivity contribution in [1.29, 1.82) is 0 Å². The summed E-state index contributed by atoms with van der Waals surface area (Å²) in [5.74, 6) is -1.37. The van der Waals surface area contributed by atoms with Crippen LogP contribution in [0.1, 0.15) is 12.0 Å². The van der Waals surface area contributed by atoms with Gasteiger partial charge in [-0.1, -0.05) is 6.07 Å². The highest BCUT2D eigenvalue weighted by molar-refractivity contribution is 5.84. The summed E-state index contributed by atoms with van der Waals surface area (Å²) < 4.78 is 44.7. The minimum Gasteiger partial charge on any atom is -0.453 e. The minimum absolute atomic E-state index is 0.0626. The van der Waals surface area contributed by atoms with Crippen LogP contribution in [0.3, 0.4) is 0 Å². The van der Waals surface area contributed by atoms with Crippen molar-refractivity contribution in [2.24, 2.45) is 5.92 Å². The molecular formula is C24H25F3N6O3. The molecule has 12 heteroatoms. The molecule has 1 aromatic carbocycles. The summed E-state index contributed by atoms with van der Waals surface area (Å²) in [6, 6.07) is 8.69. The van der Waals surface area contributed by atoms with Gasteiger partial charge in [0.15, 0.2) is 0 Å². The van der Waals surface area contributed by atoms with E-state index in [0.29, 0.717) is 23.4 Å². The van der Waals surface area contributed by atoms with Crippen LogP contribution in [0, 0.1) is 12.8 Å². The second-order valence-electron chi connectivity index (χ2n) is 7.88. The van der Waals surface area contributed by atoms with Crippen LogP contribution in [0.4, 0.5) is 29.5 Å². The predicted molar refractivity (Wildman–Crippen MR) is 128 cm³/mol. The SMILES string of the molecule is COC(=O)Nc1cc(-c2cncc(-c3cc(NCC(CCNC=O)C(F)(F)F)ccc3C)c2)ncn1. The lowest BCUT2D eigenvalue weighted by atomic mass is 9.99. The monoisotopic (exact) mass is 502 g/mol. The quantitative estimate of drug-likeness (QED) is 0.277. The number of hydrogen-bond donors (Lipinski definition) is 3. The predicted octanol–water partition coefficient (Wildman–Crippen LogP) is 4.42. The summed E-state index contributed by atoms with van der Waals surface area (Å²) in [4.78, 5) is 34.3. The number of benzene rings is 1.